The highest BCUT2D eigenvalue weighted by molar-refractivity contribution is 5.42. The van der Waals surface area contributed by atoms with Crippen molar-refractivity contribution in [2.75, 3.05) is 23.3 Å². The van der Waals surface area contributed by atoms with Crippen LogP contribution in [0.1, 0.15) is 55.1 Å². The number of piperidine rings is 1. The van der Waals surface area contributed by atoms with Crippen molar-refractivity contribution in [3.8, 4) is 0 Å². The van der Waals surface area contributed by atoms with E-state index < -0.39 is 11.6 Å². The molecule has 1 saturated carbocycles. The number of rotatable bonds is 4. The van der Waals surface area contributed by atoms with Crippen LogP contribution in [0, 0.1) is 30.4 Å². The molecule has 9 heteroatoms. The standard InChI is InChI=1S/C25H29F2N7/c1-15-10-22(29-14-28-15)33-12-17-5-6-18(13-33)23(17)30-25-31-24-19(4-2-3-9-34(24)32-25)16-7-8-20(26)21(27)11-16/h7-8,10-11,14,17-19,23H,2-6,9,12-13H2,1H3,(H,30,32)/t17-,18+,19?,23+. The van der Waals surface area contributed by atoms with Gasteiger partial charge < -0.3 is 10.2 Å². The van der Waals surface area contributed by atoms with Crippen molar-refractivity contribution in [3.63, 3.8) is 0 Å². The second-order valence-electron chi connectivity index (χ2n) is 9.93. The van der Waals surface area contributed by atoms with Gasteiger partial charge in [0.05, 0.1) is 0 Å². The van der Waals surface area contributed by atoms with Gasteiger partial charge in [-0.1, -0.05) is 12.5 Å². The zero-order valence-corrected chi connectivity index (χ0v) is 19.3. The Kier molecular flexibility index (Phi) is 5.42. The molecule has 3 aromatic rings. The fraction of sp³-hybridized carbons (Fsp3) is 0.520. The zero-order valence-electron chi connectivity index (χ0n) is 19.3. The van der Waals surface area contributed by atoms with Gasteiger partial charge in [0.15, 0.2) is 11.6 Å². The molecule has 4 atom stereocenters. The van der Waals surface area contributed by atoms with E-state index in [2.05, 4.69) is 26.3 Å². The van der Waals surface area contributed by atoms with E-state index in [0.717, 1.165) is 61.8 Å². The first-order valence-electron chi connectivity index (χ1n) is 12.2. The minimum absolute atomic E-state index is 0.0831. The third-order valence-corrected chi connectivity index (χ3v) is 7.71. The van der Waals surface area contributed by atoms with Gasteiger partial charge >= 0.3 is 0 Å². The second-order valence-corrected chi connectivity index (χ2v) is 9.93. The molecule has 2 fully saturated rings. The van der Waals surface area contributed by atoms with Crippen LogP contribution in [0.3, 0.4) is 0 Å². The summed E-state index contributed by atoms with van der Waals surface area (Å²) in [5, 5.41) is 8.46. The molecule has 7 nitrogen and oxygen atoms in total. The summed E-state index contributed by atoms with van der Waals surface area (Å²) in [6.45, 7) is 4.70. The van der Waals surface area contributed by atoms with Gasteiger partial charge in [-0.05, 0) is 62.1 Å². The molecule has 2 bridgehead atoms. The van der Waals surface area contributed by atoms with Gasteiger partial charge in [-0.15, -0.1) is 5.10 Å². The van der Waals surface area contributed by atoms with Crippen molar-refractivity contribution in [1.82, 2.24) is 24.7 Å². The molecule has 1 N–H and O–H groups in total. The molecule has 2 aliphatic heterocycles. The lowest BCUT2D eigenvalue weighted by molar-refractivity contribution is 0.374. The minimum atomic E-state index is -0.819. The predicted octanol–water partition coefficient (Wildman–Crippen LogP) is 4.30. The molecule has 1 aromatic carbocycles. The van der Waals surface area contributed by atoms with Crippen LogP contribution in [0.4, 0.5) is 20.5 Å². The van der Waals surface area contributed by atoms with Crippen molar-refractivity contribution < 1.29 is 8.78 Å². The first kappa shape index (κ1) is 21.4. The Morgan fingerprint density at radius 1 is 0.971 bits per heavy atom. The quantitative estimate of drug-likeness (QED) is 0.620. The lowest BCUT2D eigenvalue weighted by Gasteiger charge is -2.38. The summed E-state index contributed by atoms with van der Waals surface area (Å²) >= 11 is 0. The fourth-order valence-corrected chi connectivity index (χ4v) is 6.03. The third-order valence-electron chi connectivity index (χ3n) is 7.71. The van der Waals surface area contributed by atoms with E-state index in [1.165, 1.54) is 25.0 Å². The van der Waals surface area contributed by atoms with Crippen LogP contribution in [-0.4, -0.2) is 43.9 Å². The Bertz CT molecular complexity index is 1180. The maximum absolute atomic E-state index is 14.0. The van der Waals surface area contributed by atoms with Crippen LogP contribution in [0.25, 0.3) is 0 Å². The number of benzene rings is 1. The maximum Gasteiger partial charge on any atom is 0.242 e. The molecule has 1 aliphatic carbocycles. The smallest absolute Gasteiger partial charge is 0.242 e. The molecule has 0 amide bonds. The van der Waals surface area contributed by atoms with Crippen molar-refractivity contribution >= 4 is 11.8 Å². The van der Waals surface area contributed by atoms with E-state index in [0.29, 0.717) is 23.8 Å². The van der Waals surface area contributed by atoms with Gasteiger partial charge in [-0.25, -0.2) is 23.4 Å². The zero-order chi connectivity index (χ0) is 23.2. The summed E-state index contributed by atoms with van der Waals surface area (Å²) < 4.78 is 29.4. The average molecular weight is 466 g/mol. The average Bonchev–Trinajstić information content (AvgIpc) is 3.23. The molecular weight excluding hydrogens is 436 g/mol. The first-order valence-corrected chi connectivity index (χ1v) is 12.2. The summed E-state index contributed by atoms with van der Waals surface area (Å²) in [7, 11) is 0. The van der Waals surface area contributed by atoms with Gasteiger partial charge in [-0.3, -0.25) is 0 Å². The summed E-state index contributed by atoms with van der Waals surface area (Å²) in [6.07, 6.45) is 6.84. The highest BCUT2D eigenvalue weighted by Gasteiger charge is 2.43. The summed E-state index contributed by atoms with van der Waals surface area (Å²) in [5.41, 5.74) is 1.74. The van der Waals surface area contributed by atoms with Gasteiger partial charge in [-0.2, -0.15) is 4.98 Å². The lowest BCUT2D eigenvalue weighted by Crippen LogP contribution is -2.48. The molecular formula is C25H29F2N7. The Morgan fingerprint density at radius 3 is 2.56 bits per heavy atom. The number of nitrogens with one attached hydrogen (secondary N) is 1. The predicted molar refractivity (Wildman–Crippen MR) is 125 cm³/mol. The van der Waals surface area contributed by atoms with Gasteiger partial charge in [0.2, 0.25) is 5.95 Å². The molecule has 6 rings (SSSR count). The SMILES string of the molecule is Cc1cc(N2C[C@H]3CC[C@@H](C2)[C@H]3Nc2nc3n(n2)CCCCC3c2ccc(F)c(F)c2)ncn1. The van der Waals surface area contributed by atoms with Crippen LogP contribution in [0.5, 0.6) is 0 Å². The molecule has 34 heavy (non-hydrogen) atoms. The fourth-order valence-electron chi connectivity index (χ4n) is 6.03. The third kappa shape index (κ3) is 3.91. The molecule has 1 saturated heterocycles. The molecule has 1 unspecified atom stereocenters. The summed E-state index contributed by atoms with van der Waals surface area (Å²) in [6, 6.07) is 6.57. The van der Waals surface area contributed by atoms with E-state index in [4.69, 9.17) is 10.1 Å². The summed E-state index contributed by atoms with van der Waals surface area (Å²) in [4.78, 5) is 16.0. The van der Waals surface area contributed by atoms with Crippen LogP contribution in [0.15, 0.2) is 30.6 Å². The number of fused-ring (bicyclic) bond motifs is 3. The topological polar surface area (TPSA) is 71.8 Å². The van der Waals surface area contributed by atoms with Crippen LogP contribution in [-0.2, 0) is 6.54 Å². The van der Waals surface area contributed by atoms with E-state index in [-0.39, 0.29) is 5.92 Å². The normalized spacial score (nSPS) is 26.3. The van der Waals surface area contributed by atoms with E-state index in [1.54, 1.807) is 12.4 Å². The number of halogens is 2. The molecule has 178 valence electrons. The molecule has 0 spiro atoms. The maximum atomic E-state index is 14.0. The van der Waals surface area contributed by atoms with Gasteiger partial charge in [0.25, 0.3) is 0 Å². The number of aryl methyl sites for hydroxylation is 2. The second kappa shape index (κ2) is 8.60. The van der Waals surface area contributed by atoms with E-state index >= 15 is 0 Å². The van der Waals surface area contributed by atoms with Crippen molar-refractivity contribution in [1.29, 1.82) is 0 Å². The summed E-state index contributed by atoms with van der Waals surface area (Å²) in [5.74, 6) is 1.78. The molecule has 0 radical (unpaired) electrons. The van der Waals surface area contributed by atoms with Crippen LogP contribution < -0.4 is 10.2 Å². The van der Waals surface area contributed by atoms with Gasteiger partial charge in [0, 0.05) is 43.4 Å². The number of hydrogen-bond donors (Lipinski definition) is 1. The monoisotopic (exact) mass is 465 g/mol. The minimum Gasteiger partial charge on any atom is -0.356 e. The lowest BCUT2D eigenvalue weighted by atomic mass is 9.92. The number of nitrogens with zero attached hydrogens (tertiary/aromatic N) is 6. The first-order chi connectivity index (χ1) is 16.5. The number of anilines is 2. The Hall–Kier alpha value is -3.10. The van der Waals surface area contributed by atoms with Crippen molar-refractivity contribution in [2.24, 2.45) is 11.8 Å². The number of hydrogen-bond acceptors (Lipinski definition) is 6. The van der Waals surface area contributed by atoms with E-state index in [9.17, 15) is 8.78 Å². The molecule has 2 aromatic heterocycles. The Morgan fingerprint density at radius 2 is 1.79 bits per heavy atom. The highest BCUT2D eigenvalue weighted by Crippen LogP contribution is 2.40. The van der Waals surface area contributed by atoms with Crippen LogP contribution >= 0.6 is 0 Å². The molecule has 4 heterocycles. The van der Waals surface area contributed by atoms with E-state index in [1.807, 2.05) is 11.6 Å². The van der Waals surface area contributed by atoms with Crippen molar-refractivity contribution in [3.05, 3.63) is 59.3 Å². The number of aromatic nitrogens is 5. The van der Waals surface area contributed by atoms with Crippen LogP contribution in [0.2, 0.25) is 0 Å². The highest BCUT2D eigenvalue weighted by atomic mass is 19.2. The largest absolute Gasteiger partial charge is 0.356 e. The Balaban J connectivity index is 1.22. The van der Waals surface area contributed by atoms with Crippen molar-refractivity contribution in [2.45, 2.75) is 57.5 Å². The Labute approximate surface area is 197 Å². The molecule has 3 aliphatic rings. The van der Waals surface area contributed by atoms with Gasteiger partial charge in [0.1, 0.15) is 18.0 Å².